The van der Waals surface area contributed by atoms with Gasteiger partial charge in [0.2, 0.25) is 5.43 Å². The first kappa shape index (κ1) is 40.8. The zero-order valence-electron chi connectivity index (χ0n) is 34.7. The summed E-state index contributed by atoms with van der Waals surface area (Å²) in [7, 11) is 1.52. The van der Waals surface area contributed by atoms with E-state index in [0.717, 1.165) is 85.3 Å². The molecule has 0 aromatic heterocycles. The lowest BCUT2D eigenvalue weighted by Gasteiger charge is -2.28. The van der Waals surface area contributed by atoms with Gasteiger partial charge in [-0.3, -0.25) is 19.2 Å². The van der Waals surface area contributed by atoms with Gasteiger partial charge in [0.1, 0.15) is 0 Å². The fraction of sp³-hybridized carbons (Fsp3) is 0.500. The van der Waals surface area contributed by atoms with Crippen LogP contribution in [0.1, 0.15) is 106 Å². The molecule has 0 unspecified atom stereocenters. The van der Waals surface area contributed by atoms with Crippen LogP contribution in [-0.4, -0.2) is 49.0 Å². The average molecular weight is 805 g/mol. The van der Waals surface area contributed by atoms with Gasteiger partial charge in [0.15, 0.2) is 11.2 Å². The molecule has 3 aliphatic rings. The molecule has 0 aliphatic heterocycles. The molecule has 0 spiro atoms. The van der Waals surface area contributed by atoms with E-state index in [4.69, 9.17) is 19.9 Å². The molecule has 0 bridgehead atoms. The first-order valence-corrected chi connectivity index (χ1v) is 21.5. The number of fused-ring (bicyclic) bond motifs is 1. The van der Waals surface area contributed by atoms with Crippen molar-refractivity contribution >= 4 is 72.5 Å². The van der Waals surface area contributed by atoms with Crippen LogP contribution in [-0.2, 0) is 45.1 Å². The van der Waals surface area contributed by atoms with Gasteiger partial charge in [0, 0.05) is 39.8 Å². The van der Waals surface area contributed by atoms with Gasteiger partial charge in [-0.15, -0.1) is 0 Å². The lowest BCUT2D eigenvalue weighted by molar-refractivity contribution is -0.150. The number of allylic oxidation sites excluding steroid dienone is 1. The topological polar surface area (TPSA) is 174 Å². The standard InChI is InChI=1S/C48H56N2O9/c1-5-58-47(55)27-12-7-25(8-13-27)11-16-31-32-17-24(3)18-33-39-38(32)42-36(29(22-51)19-34(49)40(42)44(31)53)37-30(23-52)20-35(41(43(37)39)45(54)46(33)57-4)50-21-26-9-14-28(15-10-26)48(56)59-6-2/h17,19-20,25-28,50-52H,5-16,18,21-23,49H2,1-4H3. The molecular formula is C48H56N2O9. The van der Waals surface area contributed by atoms with E-state index >= 15 is 0 Å². The highest BCUT2D eigenvalue weighted by Gasteiger charge is 2.34. The van der Waals surface area contributed by atoms with E-state index in [2.05, 4.69) is 11.4 Å². The Labute approximate surface area is 343 Å². The number of anilines is 2. The van der Waals surface area contributed by atoms with Gasteiger partial charge >= 0.3 is 11.9 Å². The number of nitrogens with one attached hydrogen (secondary N) is 1. The molecule has 0 radical (unpaired) electrons. The van der Waals surface area contributed by atoms with E-state index < -0.39 is 0 Å². The van der Waals surface area contributed by atoms with Gasteiger partial charge in [0.25, 0.3) is 0 Å². The van der Waals surface area contributed by atoms with Crippen LogP contribution in [0.5, 0.6) is 5.75 Å². The second kappa shape index (κ2) is 16.6. The van der Waals surface area contributed by atoms with E-state index in [1.54, 1.807) is 6.07 Å². The third-order valence-electron chi connectivity index (χ3n) is 13.7. The predicted molar refractivity (Wildman–Crippen MR) is 233 cm³/mol. The Kier molecular flexibility index (Phi) is 11.4. The summed E-state index contributed by atoms with van der Waals surface area (Å²) in [6, 6.07) is 3.50. The van der Waals surface area contributed by atoms with Crippen LogP contribution in [0.2, 0.25) is 0 Å². The molecule has 5 N–H and O–H groups in total. The zero-order valence-corrected chi connectivity index (χ0v) is 34.7. The number of carbonyl (C=O) groups is 2. The fourth-order valence-electron chi connectivity index (χ4n) is 10.8. The molecular weight excluding hydrogens is 749 g/mol. The maximum Gasteiger partial charge on any atom is 0.308 e. The minimum atomic E-state index is -0.368. The maximum absolute atomic E-state index is 15.0. The van der Waals surface area contributed by atoms with Crippen molar-refractivity contribution in [1.29, 1.82) is 0 Å². The summed E-state index contributed by atoms with van der Waals surface area (Å²) in [5.41, 5.74) is 11.5. The van der Waals surface area contributed by atoms with E-state index in [1.807, 2.05) is 26.8 Å². The van der Waals surface area contributed by atoms with Crippen LogP contribution >= 0.6 is 0 Å². The van der Waals surface area contributed by atoms with Crippen molar-refractivity contribution in [3.05, 3.63) is 66.0 Å². The first-order valence-electron chi connectivity index (χ1n) is 21.5. The van der Waals surface area contributed by atoms with Gasteiger partial charge in [-0.1, -0.05) is 11.6 Å². The number of aliphatic hydroxyl groups excluding tert-OH is 2. The van der Waals surface area contributed by atoms with Crippen molar-refractivity contribution in [1.82, 2.24) is 0 Å². The second-order valence-electron chi connectivity index (χ2n) is 17.1. The summed E-state index contributed by atoms with van der Waals surface area (Å²) in [4.78, 5) is 54.8. The normalized spacial score (nSPS) is 20.7. The average Bonchev–Trinajstić information content (AvgIpc) is 3.39. The lowest BCUT2D eigenvalue weighted by Crippen LogP contribution is -2.27. The number of nitrogens with two attached hydrogens (primary N) is 1. The Morgan fingerprint density at radius 1 is 0.746 bits per heavy atom. The van der Waals surface area contributed by atoms with Crippen molar-refractivity contribution < 1.29 is 34.0 Å². The fourth-order valence-corrected chi connectivity index (χ4v) is 10.8. The SMILES string of the molecule is CCOC(=O)C1CCC(CCc2c3c4c5c(c(OC)c(=O)c6c(NCC7CCC(C(=O)OCC)CC7)cc(CO)c(c7c(CO)cc(N)c(c2=O)c74)c65)CC(C)=C3)CC1. The molecule has 3 aliphatic carbocycles. The summed E-state index contributed by atoms with van der Waals surface area (Å²) in [6.07, 6.45) is 10.2. The van der Waals surface area contributed by atoms with Crippen LogP contribution in [0, 0.1) is 23.7 Å². The number of nitrogen functional groups attached to an aromatic ring is 1. The van der Waals surface area contributed by atoms with E-state index in [9.17, 15) is 29.4 Å². The highest BCUT2D eigenvalue weighted by molar-refractivity contribution is 6.38. The highest BCUT2D eigenvalue weighted by Crippen LogP contribution is 2.51. The Morgan fingerprint density at radius 3 is 1.90 bits per heavy atom. The number of rotatable bonds is 13. The van der Waals surface area contributed by atoms with Crippen molar-refractivity contribution in [2.45, 2.75) is 105 Å². The van der Waals surface area contributed by atoms with E-state index in [1.165, 1.54) is 7.11 Å². The van der Waals surface area contributed by atoms with Crippen LogP contribution in [0.15, 0.2) is 27.3 Å². The summed E-state index contributed by atoms with van der Waals surface area (Å²) >= 11 is 0. The van der Waals surface area contributed by atoms with Crippen molar-refractivity contribution in [3.8, 4) is 5.75 Å². The van der Waals surface area contributed by atoms with E-state index in [0.29, 0.717) is 93.2 Å². The van der Waals surface area contributed by atoms with Gasteiger partial charge in [-0.05, 0) is 154 Å². The number of benzene rings is 5. The molecule has 11 nitrogen and oxygen atoms in total. The van der Waals surface area contributed by atoms with Crippen LogP contribution < -0.4 is 26.6 Å². The molecule has 5 aromatic carbocycles. The number of aliphatic hydroxyl groups is 2. The van der Waals surface area contributed by atoms with Crippen molar-refractivity contribution in [2.24, 2.45) is 23.7 Å². The molecule has 59 heavy (non-hydrogen) atoms. The molecule has 0 saturated heterocycles. The van der Waals surface area contributed by atoms with Crippen molar-refractivity contribution in [2.75, 3.05) is 37.9 Å². The number of hydrogen-bond acceptors (Lipinski definition) is 11. The van der Waals surface area contributed by atoms with Crippen LogP contribution in [0.3, 0.4) is 0 Å². The minimum absolute atomic E-state index is 0.0880. The molecule has 2 saturated carbocycles. The summed E-state index contributed by atoms with van der Waals surface area (Å²) in [5.74, 6) is 0.377. The highest BCUT2D eigenvalue weighted by atomic mass is 16.5. The number of hydrogen-bond donors (Lipinski definition) is 4. The molecule has 5 aromatic rings. The third-order valence-corrected chi connectivity index (χ3v) is 13.7. The molecule has 0 amide bonds. The predicted octanol–water partition coefficient (Wildman–Crippen LogP) is 7.51. The minimum Gasteiger partial charge on any atom is -0.492 e. The Hall–Kier alpha value is -5.00. The van der Waals surface area contributed by atoms with Crippen molar-refractivity contribution in [3.63, 3.8) is 0 Å². The maximum atomic E-state index is 15.0. The Bertz CT molecular complexity index is 2600. The molecule has 0 heterocycles. The molecule has 11 heteroatoms. The molecule has 8 rings (SSSR count). The van der Waals surface area contributed by atoms with Gasteiger partial charge in [0.05, 0.1) is 56.1 Å². The summed E-state index contributed by atoms with van der Waals surface area (Å²) in [5, 5.41) is 30.6. The smallest absolute Gasteiger partial charge is 0.308 e. The Balaban J connectivity index is 1.33. The zero-order chi connectivity index (χ0) is 41.7. The Morgan fingerprint density at radius 2 is 1.32 bits per heavy atom. The number of ether oxygens (including phenoxy) is 3. The molecule has 312 valence electrons. The monoisotopic (exact) mass is 804 g/mol. The second-order valence-corrected chi connectivity index (χ2v) is 17.1. The van der Waals surface area contributed by atoms with Gasteiger partial charge < -0.3 is 35.5 Å². The van der Waals surface area contributed by atoms with Crippen LogP contribution in [0.4, 0.5) is 11.4 Å². The lowest BCUT2D eigenvalue weighted by atomic mass is 9.78. The number of carbonyl (C=O) groups excluding carboxylic acids is 2. The van der Waals surface area contributed by atoms with Gasteiger partial charge in [-0.2, -0.15) is 0 Å². The number of methoxy groups -OCH3 is 1. The van der Waals surface area contributed by atoms with Crippen LogP contribution in [0.25, 0.3) is 49.2 Å². The largest absolute Gasteiger partial charge is 0.492 e. The molecule has 2 fully saturated rings. The quantitative estimate of drug-likeness (QED) is 0.0401. The van der Waals surface area contributed by atoms with Gasteiger partial charge in [-0.25, -0.2) is 0 Å². The first-order chi connectivity index (χ1) is 28.5. The third kappa shape index (κ3) is 6.93. The molecule has 0 atom stereocenters. The summed E-state index contributed by atoms with van der Waals surface area (Å²) < 4.78 is 16.6. The number of esters is 2. The summed E-state index contributed by atoms with van der Waals surface area (Å²) in [6.45, 7) is 6.24. The van der Waals surface area contributed by atoms with E-state index in [-0.39, 0.29) is 65.2 Å².